The van der Waals surface area contributed by atoms with Crippen LogP contribution >= 0.6 is 0 Å². The highest BCUT2D eigenvalue weighted by Gasteiger charge is 2.48. The van der Waals surface area contributed by atoms with E-state index in [0.29, 0.717) is 5.56 Å². The maximum Gasteiger partial charge on any atom is 0.248 e. The zero-order valence-corrected chi connectivity index (χ0v) is 17.3. The number of fused-ring (bicyclic) bond motifs is 2. The highest BCUT2D eigenvalue weighted by molar-refractivity contribution is 5.96. The maximum absolute atomic E-state index is 12.0. The number of nitrogens with zero attached hydrogens (tertiary/aromatic N) is 2. The van der Waals surface area contributed by atoms with Crippen molar-refractivity contribution in [2.24, 2.45) is 5.73 Å². The van der Waals surface area contributed by atoms with Crippen LogP contribution < -0.4 is 10.6 Å². The van der Waals surface area contributed by atoms with Gasteiger partial charge in [-0.15, -0.1) is 0 Å². The molecule has 2 aromatic carbocycles. The van der Waals surface area contributed by atoms with Crippen LogP contribution in [0.1, 0.15) is 41.3 Å². The third-order valence-electron chi connectivity index (χ3n) is 6.75. The Kier molecular flexibility index (Phi) is 4.81. The van der Waals surface area contributed by atoms with E-state index >= 15 is 0 Å². The monoisotopic (exact) mass is 389 g/mol. The standard InChI is InChI=1S/C24H27N3O2/c1-4-27-11-9-24(10-12-27)20-8-7-18(14-21(20)26(3)22(24)15-28)17-6-5-16(2)19(13-17)23(25)29/h5-8,13-14H,4,9-12H2,1-3H3,(H2,25,29). The van der Waals surface area contributed by atoms with Crippen molar-refractivity contribution in [2.75, 3.05) is 31.6 Å². The Morgan fingerprint density at radius 3 is 2.41 bits per heavy atom. The number of carbonyl (C=O) groups is 1. The summed E-state index contributed by atoms with van der Waals surface area (Å²) in [6.07, 6.45) is 1.86. The number of piperidine rings is 1. The van der Waals surface area contributed by atoms with Gasteiger partial charge in [-0.3, -0.25) is 4.79 Å². The SMILES string of the molecule is CCN1CCC2(CC1)C(=C=O)N(C)c1cc(-c3ccc(C)c(C(N)=O)c3)ccc12. The van der Waals surface area contributed by atoms with Crippen LogP contribution in [0, 0.1) is 6.92 Å². The zero-order chi connectivity index (χ0) is 20.8. The van der Waals surface area contributed by atoms with Crippen LogP contribution in [0.4, 0.5) is 5.69 Å². The Morgan fingerprint density at radius 1 is 1.14 bits per heavy atom. The van der Waals surface area contributed by atoms with E-state index in [0.717, 1.165) is 60.6 Å². The van der Waals surface area contributed by atoms with Crippen molar-refractivity contribution in [1.29, 1.82) is 0 Å². The van der Waals surface area contributed by atoms with E-state index in [9.17, 15) is 9.59 Å². The van der Waals surface area contributed by atoms with Crippen LogP contribution in [-0.2, 0) is 10.2 Å². The third-order valence-corrected chi connectivity index (χ3v) is 6.75. The lowest BCUT2D eigenvalue weighted by Gasteiger charge is -2.39. The average Bonchev–Trinajstić information content (AvgIpc) is 2.96. The lowest BCUT2D eigenvalue weighted by Crippen LogP contribution is -2.43. The second-order valence-corrected chi connectivity index (χ2v) is 8.15. The number of nitrogens with two attached hydrogens (primary N) is 1. The Labute approximate surface area is 171 Å². The first-order valence-electron chi connectivity index (χ1n) is 10.2. The molecule has 0 aliphatic carbocycles. The van der Waals surface area contributed by atoms with Gasteiger partial charge < -0.3 is 15.5 Å². The van der Waals surface area contributed by atoms with Gasteiger partial charge in [0.2, 0.25) is 5.91 Å². The lowest BCUT2D eigenvalue weighted by atomic mass is 9.72. The third kappa shape index (κ3) is 2.98. The summed E-state index contributed by atoms with van der Waals surface area (Å²) in [5.41, 5.74) is 11.6. The highest BCUT2D eigenvalue weighted by Crippen LogP contribution is 2.52. The number of rotatable bonds is 3. The van der Waals surface area contributed by atoms with Crippen LogP contribution in [0.2, 0.25) is 0 Å². The predicted octanol–water partition coefficient (Wildman–Crippen LogP) is 3.28. The number of benzene rings is 2. The Bertz CT molecular complexity index is 1030. The molecule has 0 aromatic heterocycles. The fourth-order valence-corrected chi connectivity index (χ4v) is 4.95. The van der Waals surface area contributed by atoms with Gasteiger partial charge in [0.25, 0.3) is 0 Å². The molecule has 5 heteroatoms. The van der Waals surface area contributed by atoms with Crippen molar-refractivity contribution in [3.63, 3.8) is 0 Å². The second-order valence-electron chi connectivity index (χ2n) is 8.15. The summed E-state index contributed by atoms with van der Waals surface area (Å²) >= 11 is 0. The molecule has 1 fully saturated rings. The smallest absolute Gasteiger partial charge is 0.248 e. The van der Waals surface area contributed by atoms with Crippen LogP contribution in [0.25, 0.3) is 11.1 Å². The fourth-order valence-electron chi connectivity index (χ4n) is 4.95. The minimum atomic E-state index is -0.421. The van der Waals surface area contributed by atoms with E-state index in [4.69, 9.17) is 5.73 Å². The molecule has 150 valence electrons. The molecule has 0 unspecified atom stereocenters. The number of carbonyl (C=O) groups excluding carboxylic acids is 2. The van der Waals surface area contributed by atoms with Crippen LogP contribution in [0.5, 0.6) is 0 Å². The summed E-state index contributed by atoms with van der Waals surface area (Å²) < 4.78 is 0. The van der Waals surface area contributed by atoms with Crippen LogP contribution in [-0.4, -0.2) is 43.4 Å². The molecule has 0 bridgehead atoms. The largest absolute Gasteiger partial charge is 0.366 e. The van der Waals surface area contributed by atoms with Crippen molar-refractivity contribution < 1.29 is 9.59 Å². The number of hydrogen-bond donors (Lipinski definition) is 1. The number of likely N-dealkylation sites (tertiary alicyclic amines) is 1. The van der Waals surface area contributed by atoms with Gasteiger partial charge in [-0.1, -0.05) is 31.2 Å². The number of likely N-dealkylation sites (N-methyl/N-ethyl adjacent to an activating group) is 1. The van der Waals surface area contributed by atoms with Gasteiger partial charge in [0, 0.05) is 18.3 Å². The highest BCUT2D eigenvalue weighted by atomic mass is 16.1. The van der Waals surface area contributed by atoms with Crippen molar-refractivity contribution in [3.05, 3.63) is 58.8 Å². The zero-order valence-electron chi connectivity index (χ0n) is 17.3. The summed E-state index contributed by atoms with van der Waals surface area (Å²) in [7, 11) is 1.95. The molecule has 2 aromatic rings. The lowest BCUT2D eigenvalue weighted by molar-refractivity contribution is 0.0999. The first-order valence-corrected chi connectivity index (χ1v) is 10.2. The van der Waals surface area contributed by atoms with Gasteiger partial charge >= 0.3 is 0 Å². The molecule has 2 heterocycles. The number of amides is 1. The number of hydrogen-bond acceptors (Lipinski definition) is 4. The van der Waals surface area contributed by atoms with E-state index in [1.807, 2.05) is 37.1 Å². The van der Waals surface area contributed by atoms with Crippen LogP contribution in [0.3, 0.4) is 0 Å². The van der Waals surface area contributed by atoms with Gasteiger partial charge in [-0.25, -0.2) is 4.79 Å². The van der Waals surface area contributed by atoms with Gasteiger partial charge in [0.15, 0.2) is 0 Å². The Hall–Kier alpha value is -2.88. The Balaban J connectivity index is 1.79. The number of anilines is 1. The molecule has 2 N–H and O–H groups in total. The summed E-state index contributed by atoms with van der Waals surface area (Å²) in [6.45, 7) is 7.06. The molecule has 0 saturated carbocycles. The molecular weight excluding hydrogens is 362 g/mol. The normalized spacial score (nSPS) is 18.0. The molecule has 1 spiro atoms. The number of primary amides is 1. The summed E-state index contributed by atoms with van der Waals surface area (Å²) in [5, 5.41) is 0. The molecule has 2 aliphatic rings. The van der Waals surface area contributed by atoms with Gasteiger partial charge in [0.05, 0.1) is 5.41 Å². The van der Waals surface area contributed by atoms with Crippen molar-refractivity contribution in [2.45, 2.75) is 32.1 Å². The first kappa shape index (κ1) is 19.4. The molecule has 4 rings (SSSR count). The minimum Gasteiger partial charge on any atom is -0.366 e. The van der Waals surface area contributed by atoms with Gasteiger partial charge in [-0.2, -0.15) is 0 Å². The molecule has 5 nitrogen and oxygen atoms in total. The van der Waals surface area contributed by atoms with E-state index < -0.39 is 5.91 Å². The Morgan fingerprint density at radius 2 is 1.79 bits per heavy atom. The summed E-state index contributed by atoms with van der Waals surface area (Å²) in [4.78, 5) is 28.1. The first-order chi connectivity index (χ1) is 13.9. The summed E-state index contributed by atoms with van der Waals surface area (Å²) in [6, 6.07) is 12.1. The topological polar surface area (TPSA) is 66.6 Å². The number of allylic oxidation sites excluding steroid dienone is 1. The quantitative estimate of drug-likeness (QED) is 0.818. The van der Waals surface area contributed by atoms with Gasteiger partial charge in [-0.05, 0) is 73.8 Å². The average molecular weight is 389 g/mol. The van der Waals surface area contributed by atoms with Crippen molar-refractivity contribution in [3.8, 4) is 11.1 Å². The molecule has 1 saturated heterocycles. The molecular formula is C24H27N3O2. The molecule has 0 atom stereocenters. The van der Waals surface area contributed by atoms with Gasteiger partial charge in [0.1, 0.15) is 11.6 Å². The molecule has 0 radical (unpaired) electrons. The van der Waals surface area contributed by atoms with E-state index in [-0.39, 0.29) is 5.41 Å². The molecule has 1 amide bonds. The minimum absolute atomic E-state index is 0.248. The predicted molar refractivity (Wildman–Crippen MR) is 116 cm³/mol. The molecule has 29 heavy (non-hydrogen) atoms. The van der Waals surface area contributed by atoms with E-state index in [2.05, 4.69) is 36.0 Å². The van der Waals surface area contributed by atoms with E-state index in [1.54, 1.807) is 0 Å². The molecule has 2 aliphatic heterocycles. The van der Waals surface area contributed by atoms with Crippen molar-refractivity contribution in [1.82, 2.24) is 4.90 Å². The fraction of sp³-hybridized carbons (Fsp3) is 0.375. The van der Waals surface area contributed by atoms with Crippen molar-refractivity contribution >= 4 is 17.5 Å². The van der Waals surface area contributed by atoms with Crippen LogP contribution in [0.15, 0.2) is 42.1 Å². The second kappa shape index (κ2) is 7.18. The van der Waals surface area contributed by atoms with E-state index in [1.165, 1.54) is 5.56 Å². The summed E-state index contributed by atoms with van der Waals surface area (Å²) in [5.74, 6) is 1.84. The maximum atomic E-state index is 12.0. The number of aryl methyl sites for hydroxylation is 1.